The Morgan fingerprint density at radius 3 is 2.23 bits per heavy atom. The average Bonchev–Trinajstić information content (AvgIpc) is 3.43. The number of ether oxygens (including phenoxy) is 7. The molecule has 3 aliphatic rings. The molecule has 2 heterocycles. The minimum absolute atomic E-state index is 0.163. The van der Waals surface area contributed by atoms with Gasteiger partial charge in [0.15, 0.2) is 23.0 Å². The largest absolute Gasteiger partial charge is 0.493 e. The van der Waals surface area contributed by atoms with Crippen molar-refractivity contribution in [2.24, 2.45) is 11.8 Å². The van der Waals surface area contributed by atoms with Crippen molar-refractivity contribution < 1.29 is 33.2 Å². The summed E-state index contributed by atoms with van der Waals surface area (Å²) in [5.41, 5.74) is 3.04. The van der Waals surface area contributed by atoms with Crippen LogP contribution in [0.15, 0.2) is 12.1 Å². The molecule has 0 aromatic heterocycles. The van der Waals surface area contributed by atoms with E-state index in [0.717, 1.165) is 22.3 Å². The molecule has 3 atom stereocenters. The van der Waals surface area contributed by atoms with Gasteiger partial charge in [0.2, 0.25) is 18.3 Å². The first kappa shape index (κ1) is 19.2. The Morgan fingerprint density at radius 1 is 0.900 bits per heavy atom. The minimum atomic E-state index is -0.719. The van der Waals surface area contributed by atoms with Gasteiger partial charge >= 0.3 is 0 Å². The Balaban J connectivity index is 1.95. The Morgan fingerprint density at radius 2 is 1.63 bits per heavy atom. The van der Waals surface area contributed by atoms with Gasteiger partial charge in [-0.15, -0.1) is 0 Å². The monoisotopic (exact) mass is 414 g/mol. The molecule has 0 unspecified atom stereocenters. The van der Waals surface area contributed by atoms with Gasteiger partial charge in [-0.25, -0.2) is 0 Å². The molecule has 1 fully saturated rings. The Labute approximate surface area is 175 Å². The van der Waals surface area contributed by atoms with Crippen LogP contribution in [0.2, 0.25) is 0 Å². The van der Waals surface area contributed by atoms with Gasteiger partial charge in [-0.3, -0.25) is 0 Å². The molecule has 1 saturated heterocycles. The summed E-state index contributed by atoms with van der Waals surface area (Å²) in [6, 6.07) is 3.99. The molecule has 2 aliphatic heterocycles. The maximum atomic E-state index is 6.63. The van der Waals surface area contributed by atoms with Crippen molar-refractivity contribution >= 4 is 0 Å². The van der Waals surface area contributed by atoms with E-state index in [9.17, 15) is 0 Å². The summed E-state index contributed by atoms with van der Waals surface area (Å²) < 4.78 is 41.2. The molecule has 30 heavy (non-hydrogen) atoms. The third kappa shape index (κ3) is 2.13. The van der Waals surface area contributed by atoms with Crippen LogP contribution in [0.25, 0.3) is 11.1 Å². The fourth-order valence-corrected chi connectivity index (χ4v) is 5.19. The van der Waals surface area contributed by atoms with Crippen molar-refractivity contribution in [3.63, 3.8) is 0 Å². The normalized spacial score (nSPS) is 25.3. The van der Waals surface area contributed by atoms with E-state index in [1.54, 1.807) is 28.4 Å². The van der Waals surface area contributed by atoms with Gasteiger partial charge in [0, 0.05) is 22.3 Å². The molecular formula is C23H26O7. The lowest BCUT2D eigenvalue weighted by atomic mass is 9.76. The third-order valence-corrected chi connectivity index (χ3v) is 6.76. The fraction of sp³-hybridized carbons (Fsp3) is 0.478. The maximum Gasteiger partial charge on any atom is 0.231 e. The minimum Gasteiger partial charge on any atom is -0.493 e. The second-order valence-corrected chi connectivity index (χ2v) is 7.95. The number of fused-ring (bicyclic) bond motifs is 6. The first-order valence-corrected chi connectivity index (χ1v) is 10.0. The van der Waals surface area contributed by atoms with Crippen molar-refractivity contribution in [2.45, 2.75) is 19.4 Å². The van der Waals surface area contributed by atoms with Crippen molar-refractivity contribution in [3.05, 3.63) is 23.3 Å². The molecule has 1 aliphatic carbocycles. The lowest BCUT2D eigenvalue weighted by Crippen LogP contribution is -2.32. The summed E-state index contributed by atoms with van der Waals surface area (Å²) in [4.78, 5) is 0. The molecule has 160 valence electrons. The smallest absolute Gasteiger partial charge is 0.231 e. The molecule has 1 spiro atoms. The highest BCUT2D eigenvalue weighted by Crippen LogP contribution is 2.67. The fourth-order valence-electron chi connectivity index (χ4n) is 5.19. The van der Waals surface area contributed by atoms with Gasteiger partial charge in [0.25, 0.3) is 0 Å². The molecule has 2 aromatic carbocycles. The van der Waals surface area contributed by atoms with E-state index in [2.05, 4.69) is 13.8 Å². The van der Waals surface area contributed by atoms with E-state index < -0.39 is 5.60 Å². The van der Waals surface area contributed by atoms with Crippen LogP contribution in [-0.4, -0.2) is 41.8 Å². The molecule has 5 rings (SSSR count). The van der Waals surface area contributed by atoms with Gasteiger partial charge in [-0.1, -0.05) is 13.8 Å². The highest BCUT2D eigenvalue weighted by atomic mass is 16.7. The quantitative estimate of drug-likeness (QED) is 0.750. The number of methoxy groups -OCH3 is 4. The number of hydrogen-bond acceptors (Lipinski definition) is 7. The molecule has 0 radical (unpaired) electrons. The molecule has 0 saturated carbocycles. The standard InChI is InChI=1S/C23H26O7/c1-11-9-30-23(12(11)2)14-8-16-20(29-10-28-16)21(26-5)17(14)13-7-15(24-3)19(25-4)22(27-6)18(13)23/h7-8,11-12H,9-10H2,1-6H3/t11-,12-,23+/m1/s1. The zero-order chi connectivity index (χ0) is 21.2. The summed E-state index contributed by atoms with van der Waals surface area (Å²) in [7, 11) is 6.51. The average molecular weight is 414 g/mol. The molecule has 0 amide bonds. The topological polar surface area (TPSA) is 64.6 Å². The molecule has 2 aromatic rings. The highest BCUT2D eigenvalue weighted by Gasteiger charge is 2.58. The molecular weight excluding hydrogens is 388 g/mol. The Kier molecular flexibility index (Phi) is 4.22. The molecule has 7 heteroatoms. The van der Waals surface area contributed by atoms with Crippen molar-refractivity contribution in [3.8, 4) is 45.6 Å². The van der Waals surface area contributed by atoms with Crippen LogP contribution in [0.1, 0.15) is 25.0 Å². The lowest BCUT2D eigenvalue weighted by Gasteiger charge is -2.33. The predicted octanol–water partition coefficient (Wildman–Crippen LogP) is 3.98. The van der Waals surface area contributed by atoms with Crippen molar-refractivity contribution in [2.75, 3.05) is 41.8 Å². The van der Waals surface area contributed by atoms with Crippen LogP contribution in [0.5, 0.6) is 34.5 Å². The van der Waals surface area contributed by atoms with Crippen LogP contribution >= 0.6 is 0 Å². The number of rotatable bonds is 4. The molecule has 0 bridgehead atoms. The van der Waals surface area contributed by atoms with E-state index >= 15 is 0 Å². The van der Waals surface area contributed by atoms with Gasteiger partial charge in [-0.05, 0) is 24.0 Å². The zero-order valence-electron chi connectivity index (χ0n) is 18.1. The van der Waals surface area contributed by atoms with Crippen molar-refractivity contribution in [1.29, 1.82) is 0 Å². The third-order valence-electron chi connectivity index (χ3n) is 6.76. The second kappa shape index (κ2) is 6.60. The Bertz CT molecular complexity index is 1030. The molecule has 0 N–H and O–H groups in total. The highest BCUT2D eigenvalue weighted by molar-refractivity contribution is 5.92. The summed E-state index contributed by atoms with van der Waals surface area (Å²) >= 11 is 0. The number of hydrogen-bond donors (Lipinski definition) is 0. The number of benzene rings is 2. The van der Waals surface area contributed by atoms with Crippen molar-refractivity contribution in [1.82, 2.24) is 0 Å². The van der Waals surface area contributed by atoms with Crippen LogP contribution in [0.3, 0.4) is 0 Å². The Hall–Kier alpha value is -2.80. The first-order chi connectivity index (χ1) is 14.5. The second-order valence-electron chi connectivity index (χ2n) is 7.95. The van der Waals surface area contributed by atoms with Crippen LogP contribution < -0.4 is 28.4 Å². The van der Waals surface area contributed by atoms with Gasteiger partial charge in [-0.2, -0.15) is 0 Å². The van der Waals surface area contributed by atoms with Crippen LogP contribution in [0, 0.1) is 11.8 Å². The van der Waals surface area contributed by atoms with E-state index in [-0.39, 0.29) is 12.7 Å². The van der Waals surface area contributed by atoms with Crippen LogP contribution in [-0.2, 0) is 10.3 Å². The summed E-state index contributed by atoms with van der Waals surface area (Å²) in [5, 5.41) is 0. The van der Waals surface area contributed by atoms with E-state index in [4.69, 9.17) is 33.2 Å². The summed E-state index contributed by atoms with van der Waals surface area (Å²) in [5.74, 6) is 4.14. The van der Waals surface area contributed by atoms with Crippen LogP contribution in [0.4, 0.5) is 0 Å². The van der Waals surface area contributed by atoms with Gasteiger partial charge < -0.3 is 33.2 Å². The SMILES string of the molecule is COc1cc2c(c(OC)c1OC)[C@@]1(OC[C@@H](C)[C@H]1C)c1cc3c(c(OC)c1-2)OCO3. The lowest BCUT2D eigenvalue weighted by molar-refractivity contribution is 0.0157. The summed E-state index contributed by atoms with van der Waals surface area (Å²) in [6.45, 7) is 5.21. The molecule has 7 nitrogen and oxygen atoms in total. The van der Waals surface area contributed by atoms with Gasteiger partial charge in [0.1, 0.15) is 5.60 Å². The van der Waals surface area contributed by atoms with E-state index in [0.29, 0.717) is 47.0 Å². The van der Waals surface area contributed by atoms with E-state index in [1.807, 2.05) is 12.1 Å². The first-order valence-electron chi connectivity index (χ1n) is 10.0. The predicted molar refractivity (Wildman–Crippen MR) is 109 cm³/mol. The van der Waals surface area contributed by atoms with Gasteiger partial charge in [0.05, 0.1) is 35.0 Å². The zero-order valence-corrected chi connectivity index (χ0v) is 18.1. The van der Waals surface area contributed by atoms with E-state index in [1.165, 1.54) is 0 Å². The maximum absolute atomic E-state index is 6.63. The summed E-state index contributed by atoms with van der Waals surface area (Å²) in [6.07, 6.45) is 0.